The van der Waals surface area contributed by atoms with Crippen molar-refractivity contribution in [3.63, 3.8) is 0 Å². The molecule has 0 saturated carbocycles. The van der Waals surface area contributed by atoms with Crippen molar-refractivity contribution in [2.75, 3.05) is 22.3 Å². The van der Waals surface area contributed by atoms with Gasteiger partial charge < -0.3 is 5.32 Å². The van der Waals surface area contributed by atoms with Crippen LogP contribution < -0.4 is 10.0 Å². The number of unbranched alkanes of at least 4 members (excludes halogenated alkanes) is 1. The van der Waals surface area contributed by atoms with Gasteiger partial charge >= 0.3 is 0 Å². The van der Waals surface area contributed by atoms with Crippen LogP contribution in [0.4, 0.5) is 11.6 Å². The third kappa shape index (κ3) is 5.31. The van der Waals surface area contributed by atoms with E-state index in [0.29, 0.717) is 12.2 Å². The Bertz CT molecular complexity index is 445. The maximum atomic E-state index is 11.5. The van der Waals surface area contributed by atoms with Crippen molar-refractivity contribution < 1.29 is 8.42 Å². The molecule has 0 aliphatic heterocycles. The molecule has 0 aliphatic rings. The summed E-state index contributed by atoms with van der Waals surface area (Å²) in [4.78, 5) is 0. The number of hydrogen-bond donors (Lipinski definition) is 2. The second-order valence-corrected chi connectivity index (χ2v) is 5.85. The van der Waals surface area contributed by atoms with Gasteiger partial charge in [0.25, 0.3) is 0 Å². The smallest absolute Gasteiger partial charge is 0.233 e. The number of rotatable bonds is 8. The van der Waals surface area contributed by atoms with E-state index < -0.39 is 10.0 Å². The minimum atomic E-state index is -3.29. The topological polar surface area (TPSA) is 84.0 Å². The van der Waals surface area contributed by atoms with Crippen LogP contribution in [0, 0.1) is 0 Å². The van der Waals surface area contributed by atoms with Gasteiger partial charge in [-0.05, 0) is 25.0 Å². The molecule has 7 heteroatoms. The van der Waals surface area contributed by atoms with Crippen molar-refractivity contribution in [1.29, 1.82) is 0 Å². The summed E-state index contributed by atoms with van der Waals surface area (Å²) in [6.07, 6.45) is 2.74. The van der Waals surface area contributed by atoms with E-state index in [2.05, 4.69) is 27.2 Å². The molecule has 0 aromatic carbocycles. The van der Waals surface area contributed by atoms with Gasteiger partial charge in [0.1, 0.15) is 5.82 Å². The Kier molecular flexibility index (Phi) is 5.84. The van der Waals surface area contributed by atoms with Crippen LogP contribution in [0.5, 0.6) is 0 Å². The van der Waals surface area contributed by atoms with Gasteiger partial charge in [-0.25, -0.2) is 8.42 Å². The Balaban J connectivity index is 2.55. The van der Waals surface area contributed by atoms with Gasteiger partial charge in [0.05, 0.1) is 5.75 Å². The predicted molar refractivity (Wildman–Crippen MR) is 73.1 cm³/mol. The lowest BCUT2D eigenvalue weighted by Crippen LogP contribution is -2.17. The lowest BCUT2D eigenvalue weighted by atomic mass is 10.3. The summed E-state index contributed by atoms with van der Waals surface area (Å²) in [5.41, 5.74) is 0. The first-order valence-electron chi connectivity index (χ1n) is 6.15. The summed E-state index contributed by atoms with van der Waals surface area (Å²) >= 11 is 0. The summed E-state index contributed by atoms with van der Waals surface area (Å²) in [6, 6.07) is 3.32. The molecule has 1 rings (SSSR count). The Labute approximate surface area is 108 Å². The van der Waals surface area contributed by atoms with Crippen molar-refractivity contribution in [3.8, 4) is 0 Å². The maximum absolute atomic E-state index is 11.5. The average Bonchev–Trinajstić information content (AvgIpc) is 2.31. The monoisotopic (exact) mass is 272 g/mol. The van der Waals surface area contributed by atoms with Gasteiger partial charge in [-0.15, -0.1) is 10.2 Å². The van der Waals surface area contributed by atoms with Crippen molar-refractivity contribution >= 4 is 21.7 Å². The zero-order valence-electron chi connectivity index (χ0n) is 10.8. The quantitative estimate of drug-likeness (QED) is 0.705. The highest BCUT2D eigenvalue weighted by atomic mass is 32.2. The van der Waals surface area contributed by atoms with E-state index in [9.17, 15) is 8.42 Å². The Morgan fingerprint density at radius 2 is 1.78 bits per heavy atom. The molecular weight excluding hydrogens is 252 g/mol. The molecule has 0 saturated heterocycles. The van der Waals surface area contributed by atoms with Gasteiger partial charge in [-0.1, -0.05) is 20.3 Å². The van der Waals surface area contributed by atoms with Crippen LogP contribution >= 0.6 is 0 Å². The van der Waals surface area contributed by atoms with E-state index in [-0.39, 0.29) is 11.6 Å². The van der Waals surface area contributed by atoms with Crippen LogP contribution in [0.1, 0.15) is 33.1 Å². The Morgan fingerprint density at radius 3 is 2.33 bits per heavy atom. The normalized spacial score (nSPS) is 11.2. The number of nitrogens with one attached hydrogen (secondary N) is 2. The van der Waals surface area contributed by atoms with Crippen molar-refractivity contribution in [2.24, 2.45) is 0 Å². The zero-order chi connectivity index (χ0) is 13.4. The van der Waals surface area contributed by atoms with Gasteiger partial charge in [0, 0.05) is 6.54 Å². The number of nitrogens with zero attached hydrogens (tertiary/aromatic N) is 2. The summed E-state index contributed by atoms with van der Waals surface area (Å²) < 4.78 is 25.4. The summed E-state index contributed by atoms with van der Waals surface area (Å²) in [6.45, 7) is 4.76. The SMILES string of the molecule is CCCCNc1ccc(NS(=O)(=O)CCC)nn1. The van der Waals surface area contributed by atoms with Crippen molar-refractivity contribution in [2.45, 2.75) is 33.1 Å². The molecule has 0 fully saturated rings. The number of sulfonamides is 1. The summed E-state index contributed by atoms with van der Waals surface area (Å²) in [7, 11) is -3.29. The molecule has 6 nitrogen and oxygen atoms in total. The molecule has 2 N–H and O–H groups in total. The first kappa shape index (κ1) is 14.7. The molecule has 1 heterocycles. The minimum absolute atomic E-state index is 0.0885. The number of aromatic nitrogens is 2. The standard InChI is InChI=1S/C11H20N4O2S/c1-3-5-8-12-10-6-7-11(14-13-10)15-18(16,17)9-4-2/h6-7H,3-5,8-9H2,1-2H3,(H,12,13)(H,14,15). The molecular formula is C11H20N4O2S. The van der Waals surface area contributed by atoms with Crippen LogP contribution in [0.25, 0.3) is 0 Å². The van der Waals surface area contributed by atoms with Crippen LogP contribution in [0.3, 0.4) is 0 Å². The molecule has 0 radical (unpaired) electrons. The van der Waals surface area contributed by atoms with Crippen molar-refractivity contribution in [1.82, 2.24) is 10.2 Å². The molecule has 0 aliphatic carbocycles. The zero-order valence-corrected chi connectivity index (χ0v) is 11.6. The van der Waals surface area contributed by atoms with E-state index in [0.717, 1.165) is 19.4 Å². The van der Waals surface area contributed by atoms with E-state index >= 15 is 0 Å². The fraction of sp³-hybridized carbons (Fsp3) is 0.636. The summed E-state index contributed by atoms with van der Waals surface area (Å²) in [5.74, 6) is 0.997. The molecule has 0 atom stereocenters. The van der Waals surface area contributed by atoms with Crippen LogP contribution in [-0.2, 0) is 10.0 Å². The highest BCUT2D eigenvalue weighted by Crippen LogP contribution is 2.08. The fourth-order valence-corrected chi connectivity index (χ4v) is 2.42. The predicted octanol–water partition coefficient (Wildman–Crippen LogP) is 1.84. The van der Waals surface area contributed by atoms with Gasteiger partial charge in [0.2, 0.25) is 10.0 Å². The maximum Gasteiger partial charge on any atom is 0.233 e. The van der Waals surface area contributed by atoms with E-state index in [4.69, 9.17) is 0 Å². The van der Waals surface area contributed by atoms with E-state index in [1.54, 1.807) is 12.1 Å². The summed E-state index contributed by atoms with van der Waals surface area (Å²) in [5, 5.41) is 10.8. The van der Waals surface area contributed by atoms with Gasteiger partial charge in [0.15, 0.2) is 5.82 Å². The molecule has 102 valence electrons. The Hall–Kier alpha value is -1.37. The second kappa shape index (κ2) is 7.15. The highest BCUT2D eigenvalue weighted by molar-refractivity contribution is 7.92. The molecule has 0 unspecified atom stereocenters. The van der Waals surface area contributed by atoms with Crippen LogP contribution in [-0.4, -0.2) is 30.9 Å². The molecule has 0 spiro atoms. The number of anilines is 2. The molecule has 0 amide bonds. The Morgan fingerprint density at radius 1 is 1.11 bits per heavy atom. The first-order valence-corrected chi connectivity index (χ1v) is 7.80. The van der Waals surface area contributed by atoms with E-state index in [1.165, 1.54) is 0 Å². The second-order valence-electron chi connectivity index (χ2n) is 4.01. The lowest BCUT2D eigenvalue weighted by Gasteiger charge is -2.07. The lowest BCUT2D eigenvalue weighted by molar-refractivity contribution is 0.599. The average molecular weight is 272 g/mol. The fourth-order valence-electron chi connectivity index (χ4n) is 1.35. The van der Waals surface area contributed by atoms with Crippen LogP contribution in [0.15, 0.2) is 12.1 Å². The van der Waals surface area contributed by atoms with E-state index in [1.807, 2.05) is 6.92 Å². The minimum Gasteiger partial charge on any atom is -0.369 e. The highest BCUT2D eigenvalue weighted by Gasteiger charge is 2.09. The molecule has 1 aromatic rings. The molecule has 18 heavy (non-hydrogen) atoms. The molecule has 0 bridgehead atoms. The largest absolute Gasteiger partial charge is 0.369 e. The van der Waals surface area contributed by atoms with Crippen molar-refractivity contribution in [3.05, 3.63) is 12.1 Å². The molecule has 1 aromatic heterocycles. The van der Waals surface area contributed by atoms with Gasteiger partial charge in [-0.2, -0.15) is 0 Å². The first-order chi connectivity index (χ1) is 8.57. The third-order valence-corrected chi connectivity index (χ3v) is 3.70. The van der Waals surface area contributed by atoms with Gasteiger partial charge in [-0.3, -0.25) is 4.72 Å². The third-order valence-electron chi connectivity index (χ3n) is 2.23. The number of hydrogen-bond acceptors (Lipinski definition) is 5. The van der Waals surface area contributed by atoms with Crippen LogP contribution in [0.2, 0.25) is 0 Å².